The van der Waals surface area contributed by atoms with Crippen molar-refractivity contribution in [2.45, 2.75) is 52.0 Å². The van der Waals surface area contributed by atoms with Gasteiger partial charge in [0.1, 0.15) is 0 Å². The standard InChI is InChI=1S/C18H23NO2/c1-12-8-9-15(11-13(12)2)17(20)16-7-4-10-19(16)18(21)14-5-3-6-14/h8-9,11,14,16H,3-7,10H2,1-2H3. The van der Waals surface area contributed by atoms with Gasteiger partial charge in [-0.25, -0.2) is 0 Å². The maximum absolute atomic E-state index is 12.8. The topological polar surface area (TPSA) is 37.4 Å². The number of carbonyl (C=O) groups is 2. The SMILES string of the molecule is Cc1ccc(C(=O)C2CCCN2C(=O)C2CCC2)cc1C. The average molecular weight is 285 g/mol. The Bertz CT molecular complexity index is 575. The van der Waals surface area contributed by atoms with Crippen molar-refractivity contribution >= 4 is 11.7 Å². The first kappa shape index (κ1) is 14.3. The van der Waals surface area contributed by atoms with Crippen molar-refractivity contribution in [1.82, 2.24) is 4.90 Å². The van der Waals surface area contributed by atoms with Gasteiger partial charge in [-0.15, -0.1) is 0 Å². The van der Waals surface area contributed by atoms with Crippen molar-refractivity contribution in [3.05, 3.63) is 34.9 Å². The van der Waals surface area contributed by atoms with E-state index in [-0.39, 0.29) is 23.7 Å². The molecule has 1 saturated carbocycles. The van der Waals surface area contributed by atoms with Crippen LogP contribution in [0, 0.1) is 19.8 Å². The summed E-state index contributed by atoms with van der Waals surface area (Å²) in [5.41, 5.74) is 3.08. The molecule has 2 aliphatic rings. The predicted octanol–water partition coefficient (Wildman–Crippen LogP) is 3.28. The van der Waals surface area contributed by atoms with Gasteiger partial charge in [0, 0.05) is 18.0 Å². The van der Waals surface area contributed by atoms with Crippen LogP contribution in [0.15, 0.2) is 18.2 Å². The third-order valence-corrected chi connectivity index (χ3v) is 5.08. The number of benzene rings is 1. The van der Waals surface area contributed by atoms with E-state index >= 15 is 0 Å². The lowest BCUT2D eigenvalue weighted by molar-refractivity contribution is -0.138. The van der Waals surface area contributed by atoms with Gasteiger partial charge >= 0.3 is 0 Å². The first-order valence-electron chi connectivity index (χ1n) is 8.00. The molecular formula is C18H23NO2. The molecule has 1 aliphatic heterocycles. The number of aryl methyl sites for hydroxylation is 2. The van der Waals surface area contributed by atoms with E-state index in [1.807, 2.05) is 36.9 Å². The van der Waals surface area contributed by atoms with Gasteiger partial charge in [-0.05, 0) is 56.7 Å². The van der Waals surface area contributed by atoms with E-state index in [1.54, 1.807) is 0 Å². The summed E-state index contributed by atoms with van der Waals surface area (Å²) in [5, 5.41) is 0. The van der Waals surface area contributed by atoms with Gasteiger partial charge in [0.15, 0.2) is 5.78 Å². The van der Waals surface area contributed by atoms with Gasteiger partial charge in [0.2, 0.25) is 5.91 Å². The molecule has 0 aromatic heterocycles. The summed E-state index contributed by atoms with van der Waals surface area (Å²) in [4.78, 5) is 27.1. The van der Waals surface area contributed by atoms with Crippen molar-refractivity contribution in [2.24, 2.45) is 5.92 Å². The molecule has 3 heteroatoms. The molecule has 1 amide bonds. The van der Waals surface area contributed by atoms with Gasteiger partial charge in [-0.3, -0.25) is 9.59 Å². The molecule has 1 aromatic rings. The summed E-state index contributed by atoms with van der Waals surface area (Å²) in [6.45, 7) is 4.82. The fraction of sp³-hybridized carbons (Fsp3) is 0.556. The third kappa shape index (κ3) is 2.61. The number of hydrogen-bond donors (Lipinski definition) is 0. The highest BCUT2D eigenvalue weighted by Crippen LogP contribution is 2.32. The number of nitrogens with zero attached hydrogens (tertiary/aromatic N) is 1. The van der Waals surface area contributed by atoms with E-state index in [0.717, 1.165) is 49.8 Å². The lowest BCUT2D eigenvalue weighted by Crippen LogP contribution is -2.45. The molecule has 2 fully saturated rings. The maximum Gasteiger partial charge on any atom is 0.226 e. The average Bonchev–Trinajstić information content (AvgIpc) is 2.88. The molecule has 1 aliphatic carbocycles. The van der Waals surface area contributed by atoms with E-state index < -0.39 is 0 Å². The number of ketones is 1. The van der Waals surface area contributed by atoms with Gasteiger partial charge in [0.05, 0.1) is 6.04 Å². The van der Waals surface area contributed by atoms with Crippen LogP contribution in [0.25, 0.3) is 0 Å². The summed E-state index contributed by atoms with van der Waals surface area (Å²) in [7, 11) is 0. The second-order valence-corrected chi connectivity index (χ2v) is 6.48. The number of carbonyl (C=O) groups excluding carboxylic acids is 2. The number of amides is 1. The fourth-order valence-electron chi connectivity index (χ4n) is 3.28. The first-order chi connectivity index (χ1) is 10.1. The predicted molar refractivity (Wildman–Crippen MR) is 82.3 cm³/mol. The molecule has 3 nitrogen and oxygen atoms in total. The van der Waals surface area contributed by atoms with Gasteiger partial charge in [-0.2, -0.15) is 0 Å². The Morgan fingerprint density at radius 3 is 2.43 bits per heavy atom. The molecule has 1 unspecified atom stereocenters. The second-order valence-electron chi connectivity index (χ2n) is 6.48. The highest BCUT2D eigenvalue weighted by Gasteiger charge is 2.38. The lowest BCUT2D eigenvalue weighted by atomic mass is 9.84. The van der Waals surface area contributed by atoms with E-state index in [2.05, 4.69) is 0 Å². The number of likely N-dealkylation sites (tertiary alicyclic amines) is 1. The molecule has 3 rings (SSSR count). The zero-order valence-corrected chi connectivity index (χ0v) is 12.9. The summed E-state index contributed by atoms with van der Waals surface area (Å²) < 4.78 is 0. The Morgan fingerprint density at radius 1 is 1.05 bits per heavy atom. The minimum Gasteiger partial charge on any atom is -0.332 e. The first-order valence-corrected chi connectivity index (χ1v) is 8.00. The summed E-state index contributed by atoms with van der Waals surface area (Å²) in [6.07, 6.45) is 4.91. The van der Waals surface area contributed by atoms with Crippen LogP contribution >= 0.6 is 0 Å². The van der Waals surface area contributed by atoms with E-state index in [1.165, 1.54) is 5.56 Å². The maximum atomic E-state index is 12.8. The summed E-state index contributed by atoms with van der Waals surface area (Å²) in [5.74, 6) is 0.502. The molecule has 1 atom stereocenters. The highest BCUT2D eigenvalue weighted by molar-refractivity contribution is 6.02. The molecule has 1 heterocycles. The second kappa shape index (κ2) is 5.63. The molecule has 1 saturated heterocycles. The van der Waals surface area contributed by atoms with Crippen LogP contribution in [0.5, 0.6) is 0 Å². The van der Waals surface area contributed by atoms with Crippen molar-refractivity contribution in [2.75, 3.05) is 6.54 Å². The van der Waals surface area contributed by atoms with Crippen LogP contribution in [0.1, 0.15) is 53.6 Å². The summed E-state index contributed by atoms with van der Waals surface area (Å²) >= 11 is 0. The Hall–Kier alpha value is -1.64. The molecule has 0 spiro atoms. The Morgan fingerprint density at radius 2 is 1.81 bits per heavy atom. The van der Waals surface area contributed by atoms with Crippen LogP contribution in [0.2, 0.25) is 0 Å². The van der Waals surface area contributed by atoms with Crippen molar-refractivity contribution < 1.29 is 9.59 Å². The van der Waals surface area contributed by atoms with Crippen molar-refractivity contribution in [1.29, 1.82) is 0 Å². The van der Waals surface area contributed by atoms with Gasteiger partial charge in [-0.1, -0.05) is 18.6 Å². The number of hydrogen-bond acceptors (Lipinski definition) is 2. The Balaban J connectivity index is 1.79. The Labute approximate surface area is 126 Å². The normalized spacial score (nSPS) is 22.2. The fourth-order valence-corrected chi connectivity index (χ4v) is 3.28. The van der Waals surface area contributed by atoms with Crippen LogP contribution in [-0.2, 0) is 4.79 Å². The third-order valence-electron chi connectivity index (χ3n) is 5.08. The molecule has 0 radical (unpaired) electrons. The molecule has 112 valence electrons. The van der Waals surface area contributed by atoms with E-state index in [4.69, 9.17) is 0 Å². The smallest absolute Gasteiger partial charge is 0.226 e. The molecule has 0 N–H and O–H groups in total. The van der Waals surface area contributed by atoms with Crippen LogP contribution in [-0.4, -0.2) is 29.2 Å². The van der Waals surface area contributed by atoms with Crippen molar-refractivity contribution in [3.8, 4) is 0 Å². The van der Waals surface area contributed by atoms with Gasteiger partial charge in [0.25, 0.3) is 0 Å². The minimum absolute atomic E-state index is 0.114. The zero-order valence-electron chi connectivity index (χ0n) is 12.9. The van der Waals surface area contributed by atoms with Crippen molar-refractivity contribution in [3.63, 3.8) is 0 Å². The largest absolute Gasteiger partial charge is 0.332 e. The summed E-state index contributed by atoms with van der Waals surface area (Å²) in [6, 6.07) is 5.62. The Kier molecular flexibility index (Phi) is 3.83. The molecule has 0 bridgehead atoms. The van der Waals surface area contributed by atoms with Crippen LogP contribution < -0.4 is 0 Å². The molecule has 21 heavy (non-hydrogen) atoms. The van der Waals surface area contributed by atoms with Crippen LogP contribution in [0.3, 0.4) is 0 Å². The molecule has 1 aromatic carbocycles. The quantitative estimate of drug-likeness (QED) is 0.799. The van der Waals surface area contributed by atoms with Gasteiger partial charge < -0.3 is 4.90 Å². The van der Waals surface area contributed by atoms with E-state index in [0.29, 0.717) is 0 Å². The van der Waals surface area contributed by atoms with Crippen LogP contribution in [0.4, 0.5) is 0 Å². The monoisotopic (exact) mass is 285 g/mol. The number of Topliss-reactive ketones (excluding diaryl/α,β-unsaturated/α-hetero) is 1. The highest BCUT2D eigenvalue weighted by atomic mass is 16.2. The number of rotatable bonds is 3. The van der Waals surface area contributed by atoms with E-state index in [9.17, 15) is 9.59 Å². The lowest BCUT2D eigenvalue weighted by Gasteiger charge is -2.32. The minimum atomic E-state index is -0.236. The zero-order chi connectivity index (χ0) is 15.0. The molecular weight excluding hydrogens is 262 g/mol.